The summed E-state index contributed by atoms with van der Waals surface area (Å²) in [6.07, 6.45) is 0. The zero-order valence-electron chi connectivity index (χ0n) is 13.5. The van der Waals surface area contributed by atoms with Crippen LogP contribution >= 0.6 is 23.1 Å². The number of amides is 1. The Balaban J connectivity index is 1.35. The number of hydrogen-bond donors (Lipinski definition) is 1. The van der Waals surface area contributed by atoms with E-state index in [0.717, 1.165) is 31.6 Å². The van der Waals surface area contributed by atoms with Gasteiger partial charge in [0.05, 0.1) is 22.0 Å². The molecule has 128 valence electrons. The van der Waals surface area contributed by atoms with E-state index in [2.05, 4.69) is 10.3 Å². The fraction of sp³-hybridized carbons (Fsp3) is 0.222. The maximum atomic E-state index is 12.2. The third-order valence-corrected chi connectivity index (χ3v) is 6.05. The molecule has 0 bridgehead atoms. The number of nitrogens with one attached hydrogen (secondary N) is 1. The molecular formula is C18H16N2O3S2. The molecule has 1 amide bonds. The molecule has 0 saturated carbocycles. The Morgan fingerprint density at radius 2 is 2.12 bits per heavy atom. The SMILES string of the molecule is C[C@@H](NC(=O)CSc1nc2ccccc2s1)c1ccc2c(c1)OCO2. The lowest BCUT2D eigenvalue weighted by Crippen LogP contribution is -2.28. The van der Waals surface area contributed by atoms with Gasteiger partial charge >= 0.3 is 0 Å². The predicted molar refractivity (Wildman–Crippen MR) is 99.5 cm³/mol. The number of carbonyl (C=O) groups is 1. The van der Waals surface area contributed by atoms with Gasteiger partial charge in [0.2, 0.25) is 12.7 Å². The Kier molecular flexibility index (Phi) is 4.50. The van der Waals surface area contributed by atoms with Crippen molar-refractivity contribution in [2.75, 3.05) is 12.5 Å². The molecule has 1 atom stereocenters. The number of thioether (sulfide) groups is 1. The van der Waals surface area contributed by atoms with E-state index < -0.39 is 0 Å². The first-order valence-electron chi connectivity index (χ1n) is 7.86. The monoisotopic (exact) mass is 372 g/mol. The van der Waals surface area contributed by atoms with Gasteiger partial charge < -0.3 is 14.8 Å². The van der Waals surface area contributed by atoms with Gasteiger partial charge in [0.15, 0.2) is 15.8 Å². The summed E-state index contributed by atoms with van der Waals surface area (Å²) >= 11 is 3.07. The van der Waals surface area contributed by atoms with Crippen LogP contribution in [0.1, 0.15) is 18.5 Å². The van der Waals surface area contributed by atoms with Crippen LogP contribution in [0.3, 0.4) is 0 Å². The lowest BCUT2D eigenvalue weighted by Gasteiger charge is -2.14. The molecule has 4 rings (SSSR count). The van der Waals surface area contributed by atoms with E-state index in [4.69, 9.17) is 9.47 Å². The Hall–Kier alpha value is -2.25. The highest BCUT2D eigenvalue weighted by atomic mass is 32.2. The van der Waals surface area contributed by atoms with Gasteiger partial charge in [-0.15, -0.1) is 11.3 Å². The fourth-order valence-corrected chi connectivity index (χ4v) is 4.47. The second kappa shape index (κ2) is 6.93. The summed E-state index contributed by atoms with van der Waals surface area (Å²) in [6, 6.07) is 13.6. The molecule has 1 aliphatic rings. The minimum Gasteiger partial charge on any atom is -0.454 e. The number of hydrogen-bond acceptors (Lipinski definition) is 6. The molecule has 0 fully saturated rings. The van der Waals surface area contributed by atoms with E-state index in [-0.39, 0.29) is 18.7 Å². The molecule has 0 unspecified atom stereocenters. The quantitative estimate of drug-likeness (QED) is 0.686. The molecule has 7 heteroatoms. The maximum Gasteiger partial charge on any atom is 0.231 e. The summed E-state index contributed by atoms with van der Waals surface area (Å²) in [4.78, 5) is 16.8. The second-order valence-electron chi connectivity index (χ2n) is 5.64. The summed E-state index contributed by atoms with van der Waals surface area (Å²) in [5.41, 5.74) is 1.96. The average molecular weight is 372 g/mol. The molecule has 1 aliphatic heterocycles. The molecule has 0 spiro atoms. The number of aromatic nitrogens is 1. The van der Waals surface area contributed by atoms with E-state index in [1.807, 2.05) is 49.4 Å². The molecule has 0 saturated heterocycles. The third-order valence-electron chi connectivity index (χ3n) is 3.88. The Morgan fingerprint density at radius 3 is 3.00 bits per heavy atom. The van der Waals surface area contributed by atoms with E-state index in [0.29, 0.717) is 5.75 Å². The first-order chi connectivity index (χ1) is 12.2. The fourth-order valence-electron chi connectivity index (χ4n) is 2.59. The van der Waals surface area contributed by atoms with Crippen molar-refractivity contribution in [1.82, 2.24) is 10.3 Å². The average Bonchev–Trinajstić information content (AvgIpc) is 3.25. The van der Waals surface area contributed by atoms with Gasteiger partial charge in [-0.25, -0.2) is 4.98 Å². The Bertz CT molecular complexity index is 893. The smallest absolute Gasteiger partial charge is 0.231 e. The highest BCUT2D eigenvalue weighted by molar-refractivity contribution is 8.01. The molecule has 3 aromatic rings. The molecule has 0 aliphatic carbocycles. The number of fused-ring (bicyclic) bond motifs is 2. The first-order valence-corrected chi connectivity index (χ1v) is 9.66. The van der Waals surface area contributed by atoms with Gasteiger partial charge in [0, 0.05) is 0 Å². The summed E-state index contributed by atoms with van der Waals surface area (Å²) < 4.78 is 12.7. The number of benzene rings is 2. The van der Waals surface area contributed by atoms with Crippen LogP contribution in [-0.4, -0.2) is 23.4 Å². The molecular weight excluding hydrogens is 356 g/mol. The lowest BCUT2D eigenvalue weighted by molar-refractivity contribution is -0.119. The van der Waals surface area contributed by atoms with Gasteiger partial charge in [0.1, 0.15) is 0 Å². The van der Waals surface area contributed by atoms with Gasteiger partial charge in [-0.05, 0) is 36.8 Å². The highest BCUT2D eigenvalue weighted by Gasteiger charge is 2.17. The van der Waals surface area contributed by atoms with Crippen molar-refractivity contribution in [2.45, 2.75) is 17.3 Å². The van der Waals surface area contributed by atoms with Crippen LogP contribution in [0, 0.1) is 0 Å². The van der Waals surface area contributed by atoms with E-state index in [1.165, 1.54) is 11.8 Å². The van der Waals surface area contributed by atoms with Crippen LogP contribution in [0.25, 0.3) is 10.2 Å². The number of nitrogens with zero attached hydrogens (tertiary/aromatic N) is 1. The minimum atomic E-state index is -0.0991. The van der Waals surface area contributed by atoms with Crippen molar-refractivity contribution in [3.05, 3.63) is 48.0 Å². The van der Waals surface area contributed by atoms with Crippen LogP contribution in [-0.2, 0) is 4.79 Å². The topological polar surface area (TPSA) is 60.5 Å². The Labute approximate surface area is 153 Å². The van der Waals surface area contributed by atoms with Gasteiger partial charge in [-0.3, -0.25) is 4.79 Å². The van der Waals surface area contributed by atoms with Crippen molar-refractivity contribution in [2.24, 2.45) is 0 Å². The lowest BCUT2D eigenvalue weighted by atomic mass is 10.1. The van der Waals surface area contributed by atoms with Gasteiger partial charge in [-0.1, -0.05) is 30.0 Å². The van der Waals surface area contributed by atoms with Crippen LogP contribution < -0.4 is 14.8 Å². The molecule has 2 aromatic carbocycles. The van der Waals surface area contributed by atoms with Crippen LogP contribution in [0.2, 0.25) is 0 Å². The number of ether oxygens (including phenoxy) is 2. The molecule has 5 nitrogen and oxygen atoms in total. The van der Waals surface area contributed by atoms with Crippen molar-refractivity contribution in [3.63, 3.8) is 0 Å². The second-order valence-corrected chi connectivity index (χ2v) is 7.89. The standard InChI is InChI=1S/C18H16N2O3S2/c1-11(12-6-7-14-15(8-12)23-10-22-14)19-17(21)9-24-18-20-13-4-2-3-5-16(13)25-18/h2-8,11H,9-10H2,1H3,(H,19,21)/t11-/m1/s1. The molecule has 1 aromatic heterocycles. The maximum absolute atomic E-state index is 12.2. The number of para-hydroxylation sites is 1. The van der Waals surface area contributed by atoms with Gasteiger partial charge in [0.25, 0.3) is 0 Å². The number of carbonyl (C=O) groups excluding carboxylic acids is 1. The summed E-state index contributed by atoms with van der Waals surface area (Å²) in [5.74, 6) is 1.79. The zero-order chi connectivity index (χ0) is 17.2. The summed E-state index contributed by atoms with van der Waals surface area (Å²) in [7, 11) is 0. The van der Waals surface area contributed by atoms with Crippen molar-refractivity contribution < 1.29 is 14.3 Å². The first kappa shape index (κ1) is 16.2. The number of rotatable bonds is 5. The van der Waals surface area contributed by atoms with Crippen LogP contribution in [0.4, 0.5) is 0 Å². The predicted octanol–water partition coefficient (Wildman–Crippen LogP) is 3.99. The van der Waals surface area contributed by atoms with E-state index in [1.54, 1.807) is 11.3 Å². The van der Waals surface area contributed by atoms with Crippen molar-refractivity contribution in [1.29, 1.82) is 0 Å². The van der Waals surface area contributed by atoms with Crippen molar-refractivity contribution >= 4 is 39.2 Å². The molecule has 0 radical (unpaired) electrons. The normalized spacial score (nSPS) is 13.8. The zero-order valence-corrected chi connectivity index (χ0v) is 15.2. The summed E-state index contributed by atoms with van der Waals surface area (Å²) in [5, 5.41) is 3.01. The minimum absolute atomic E-state index is 0.0191. The van der Waals surface area contributed by atoms with E-state index >= 15 is 0 Å². The molecule has 25 heavy (non-hydrogen) atoms. The van der Waals surface area contributed by atoms with E-state index in [9.17, 15) is 4.79 Å². The van der Waals surface area contributed by atoms with Crippen LogP contribution in [0.5, 0.6) is 11.5 Å². The summed E-state index contributed by atoms with van der Waals surface area (Å²) in [6.45, 7) is 2.20. The van der Waals surface area contributed by atoms with Gasteiger partial charge in [-0.2, -0.15) is 0 Å². The largest absolute Gasteiger partial charge is 0.454 e. The van der Waals surface area contributed by atoms with Crippen LogP contribution in [0.15, 0.2) is 46.8 Å². The Morgan fingerprint density at radius 1 is 1.28 bits per heavy atom. The highest BCUT2D eigenvalue weighted by Crippen LogP contribution is 2.34. The van der Waals surface area contributed by atoms with Crippen molar-refractivity contribution in [3.8, 4) is 11.5 Å². The molecule has 1 N–H and O–H groups in total. The molecule has 2 heterocycles. The number of thiazole rings is 1. The third kappa shape index (κ3) is 3.57.